The van der Waals surface area contributed by atoms with Gasteiger partial charge < -0.3 is 14.5 Å². The number of nitro groups is 1. The molecule has 0 N–H and O–H groups in total. The molecule has 1 aliphatic heterocycles. The van der Waals surface area contributed by atoms with Crippen LogP contribution in [0.2, 0.25) is 0 Å². The second-order valence-electron chi connectivity index (χ2n) is 5.81. The molecule has 7 nitrogen and oxygen atoms in total. The fourth-order valence-electron chi connectivity index (χ4n) is 3.03. The molecule has 0 aromatic heterocycles. The Hall–Kier alpha value is -2.31. The summed E-state index contributed by atoms with van der Waals surface area (Å²) in [5.74, 6) is 0.692. The molecule has 23 heavy (non-hydrogen) atoms. The molecule has 0 radical (unpaired) electrons. The highest BCUT2D eigenvalue weighted by atomic mass is 16.6. The van der Waals surface area contributed by atoms with Gasteiger partial charge in [0, 0.05) is 33.6 Å². The SMILES string of the molecule is CCOc1cccc(N(C)C[C@H]2CCN(C(C)=O)C2)c1[N+](=O)[O-]. The van der Waals surface area contributed by atoms with Gasteiger partial charge in [-0.15, -0.1) is 0 Å². The Morgan fingerprint density at radius 2 is 2.26 bits per heavy atom. The summed E-state index contributed by atoms with van der Waals surface area (Å²) in [7, 11) is 1.84. The molecule has 1 fully saturated rings. The molecule has 0 aliphatic carbocycles. The minimum atomic E-state index is -0.395. The summed E-state index contributed by atoms with van der Waals surface area (Å²) in [5, 5.41) is 11.4. The molecule has 0 spiro atoms. The number of anilines is 1. The van der Waals surface area contributed by atoms with Gasteiger partial charge in [0.2, 0.25) is 5.91 Å². The zero-order valence-electron chi connectivity index (χ0n) is 13.8. The zero-order valence-corrected chi connectivity index (χ0v) is 13.8. The molecule has 1 saturated heterocycles. The summed E-state index contributed by atoms with van der Waals surface area (Å²) in [5.41, 5.74) is 0.542. The second kappa shape index (κ2) is 7.30. The third-order valence-corrected chi connectivity index (χ3v) is 4.13. The number of rotatable bonds is 6. The van der Waals surface area contributed by atoms with Crippen LogP contribution in [0, 0.1) is 16.0 Å². The average molecular weight is 321 g/mol. The number of hydrogen-bond acceptors (Lipinski definition) is 5. The van der Waals surface area contributed by atoms with E-state index in [1.807, 2.05) is 16.8 Å². The number of nitro benzene ring substituents is 1. The van der Waals surface area contributed by atoms with E-state index in [9.17, 15) is 14.9 Å². The highest BCUT2D eigenvalue weighted by molar-refractivity contribution is 5.73. The number of likely N-dealkylation sites (tertiary alicyclic amines) is 1. The zero-order chi connectivity index (χ0) is 17.0. The molecule has 1 atom stereocenters. The third-order valence-electron chi connectivity index (χ3n) is 4.13. The van der Waals surface area contributed by atoms with Gasteiger partial charge in [0.25, 0.3) is 0 Å². The van der Waals surface area contributed by atoms with Crippen molar-refractivity contribution in [3.8, 4) is 5.75 Å². The largest absolute Gasteiger partial charge is 0.487 e. The van der Waals surface area contributed by atoms with Crippen LogP contribution < -0.4 is 9.64 Å². The fourth-order valence-corrected chi connectivity index (χ4v) is 3.03. The smallest absolute Gasteiger partial charge is 0.333 e. The Bertz CT molecular complexity index is 591. The topological polar surface area (TPSA) is 75.9 Å². The van der Waals surface area contributed by atoms with E-state index in [0.29, 0.717) is 37.1 Å². The third kappa shape index (κ3) is 3.91. The number of carbonyl (C=O) groups is 1. The highest BCUT2D eigenvalue weighted by Gasteiger charge is 2.28. The molecule has 0 unspecified atom stereocenters. The van der Waals surface area contributed by atoms with E-state index in [-0.39, 0.29) is 11.6 Å². The maximum atomic E-state index is 11.4. The number of para-hydroxylation sites is 1. The summed E-state index contributed by atoms with van der Waals surface area (Å²) in [6.45, 7) is 5.88. The van der Waals surface area contributed by atoms with E-state index in [4.69, 9.17) is 4.74 Å². The van der Waals surface area contributed by atoms with Gasteiger partial charge in [-0.25, -0.2) is 0 Å². The van der Waals surface area contributed by atoms with Gasteiger partial charge in [0.05, 0.1) is 11.5 Å². The maximum absolute atomic E-state index is 11.4. The first-order valence-corrected chi connectivity index (χ1v) is 7.80. The van der Waals surface area contributed by atoms with Crippen molar-refractivity contribution in [1.29, 1.82) is 0 Å². The molecule has 7 heteroatoms. The first-order chi connectivity index (χ1) is 10.9. The van der Waals surface area contributed by atoms with Gasteiger partial charge in [-0.2, -0.15) is 0 Å². The van der Waals surface area contributed by atoms with Gasteiger partial charge in [-0.1, -0.05) is 6.07 Å². The molecule has 1 amide bonds. The molecule has 1 aromatic rings. The summed E-state index contributed by atoms with van der Waals surface area (Å²) in [4.78, 5) is 26.2. The van der Waals surface area contributed by atoms with Crippen LogP contribution in [-0.4, -0.2) is 49.0 Å². The van der Waals surface area contributed by atoms with E-state index in [1.165, 1.54) is 0 Å². The predicted octanol–water partition coefficient (Wildman–Crippen LogP) is 2.30. The highest BCUT2D eigenvalue weighted by Crippen LogP contribution is 2.37. The van der Waals surface area contributed by atoms with Crippen LogP contribution >= 0.6 is 0 Å². The first kappa shape index (κ1) is 17.1. The summed E-state index contributed by atoms with van der Waals surface area (Å²) in [6.07, 6.45) is 0.920. The lowest BCUT2D eigenvalue weighted by Crippen LogP contribution is -2.30. The van der Waals surface area contributed by atoms with Crippen molar-refractivity contribution in [3.63, 3.8) is 0 Å². The number of hydrogen-bond donors (Lipinski definition) is 0. The van der Waals surface area contributed by atoms with E-state index < -0.39 is 4.92 Å². The number of amides is 1. The minimum Gasteiger partial charge on any atom is -0.487 e. The Kier molecular flexibility index (Phi) is 5.41. The Morgan fingerprint density at radius 1 is 1.52 bits per heavy atom. The van der Waals surface area contributed by atoms with Gasteiger partial charge in [0.15, 0.2) is 5.75 Å². The van der Waals surface area contributed by atoms with Crippen molar-refractivity contribution in [3.05, 3.63) is 28.3 Å². The summed E-state index contributed by atoms with van der Waals surface area (Å²) in [6, 6.07) is 5.12. The van der Waals surface area contributed by atoms with Crippen LogP contribution in [-0.2, 0) is 4.79 Å². The quantitative estimate of drug-likeness (QED) is 0.593. The lowest BCUT2D eigenvalue weighted by molar-refractivity contribution is -0.385. The molecule has 1 aliphatic rings. The van der Waals surface area contributed by atoms with Gasteiger partial charge in [-0.3, -0.25) is 14.9 Å². The number of nitrogens with zero attached hydrogens (tertiary/aromatic N) is 3. The number of benzene rings is 1. The van der Waals surface area contributed by atoms with Crippen LogP contribution in [0.15, 0.2) is 18.2 Å². The summed E-state index contributed by atoms with van der Waals surface area (Å²) >= 11 is 0. The molecule has 0 bridgehead atoms. The minimum absolute atomic E-state index is 0.00160. The predicted molar refractivity (Wildman–Crippen MR) is 87.9 cm³/mol. The monoisotopic (exact) mass is 321 g/mol. The van der Waals surface area contributed by atoms with E-state index >= 15 is 0 Å². The second-order valence-corrected chi connectivity index (χ2v) is 5.81. The van der Waals surface area contributed by atoms with E-state index in [1.54, 1.807) is 32.0 Å². The average Bonchev–Trinajstić information content (AvgIpc) is 2.95. The lowest BCUT2D eigenvalue weighted by atomic mass is 10.1. The van der Waals surface area contributed by atoms with Crippen molar-refractivity contribution in [2.45, 2.75) is 20.3 Å². The standard InChI is InChI=1S/C16H23N3O4/c1-4-23-15-7-5-6-14(16(15)19(21)22)17(3)10-13-8-9-18(11-13)12(2)20/h5-7,13H,4,8-11H2,1-3H3/t13-/m1/s1. The number of carbonyl (C=O) groups excluding carboxylic acids is 1. The van der Waals surface area contributed by atoms with Crippen molar-refractivity contribution < 1.29 is 14.5 Å². The molecule has 126 valence electrons. The van der Waals surface area contributed by atoms with Crippen LogP contribution in [0.25, 0.3) is 0 Å². The van der Waals surface area contributed by atoms with Crippen molar-refractivity contribution in [1.82, 2.24) is 4.90 Å². The summed E-state index contributed by atoms with van der Waals surface area (Å²) < 4.78 is 5.39. The Labute approximate surface area is 136 Å². The van der Waals surface area contributed by atoms with Crippen LogP contribution in [0.5, 0.6) is 5.75 Å². The maximum Gasteiger partial charge on any atom is 0.333 e. The fraction of sp³-hybridized carbons (Fsp3) is 0.562. The molecule has 0 saturated carbocycles. The lowest BCUT2D eigenvalue weighted by Gasteiger charge is -2.23. The van der Waals surface area contributed by atoms with E-state index in [2.05, 4.69) is 0 Å². The molecule has 1 heterocycles. The first-order valence-electron chi connectivity index (χ1n) is 7.80. The van der Waals surface area contributed by atoms with Gasteiger partial charge in [0.1, 0.15) is 5.69 Å². The van der Waals surface area contributed by atoms with Crippen LogP contribution in [0.1, 0.15) is 20.3 Å². The van der Waals surface area contributed by atoms with Crippen LogP contribution in [0.4, 0.5) is 11.4 Å². The van der Waals surface area contributed by atoms with Crippen molar-refractivity contribution >= 4 is 17.3 Å². The molecular weight excluding hydrogens is 298 g/mol. The van der Waals surface area contributed by atoms with E-state index in [0.717, 1.165) is 13.0 Å². The number of ether oxygens (including phenoxy) is 1. The van der Waals surface area contributed by atoms with Crippen molar-refractivity contribution in [2.75, 3.05) is 38.2 Å². The molecule has 2 rings (SSSR count). The molecular formula is C16H23N3O4. The molecule has 1 aromatic carbocycles. The van der Waals surface area contributed by atoms with Crippen LogP contribution in [0.3, 0.4) is 0 Å². The Morgan fingerprint density at radius 3 is 2.83 bits per heavy atom. The van der Waals surface area contributed by atoms with Crippen molar-refractivity contribution in [2.24, 2.45) is 5.92 Å². The normalized spacial score (nSPS) is 17.2. The van der Waals surface area contributed by atoms with Gasteiger partial charge in [-0.05, 0) is 31.4 Å². The van der Waals surface area contributed by atoms with Gasteiger partial charge >= 0.3 is 5.69 Å². The Balaban J connectivity index is 2.16.